The van der Waals surface area contributed by atoms with Crippen LogP contribution in [0.3, 0.4) is 0 Å². The molecular formula is C30H30Cl2F2N2O6S. The van der Waals surface area contributed by atoms with E-state index in [1.54, 1.807) is 18.2 Å². The van der Waals surface area contributed by atoms with Gasteiger partial charge < -0.3 is 14.2 Å². The molecule has 43 heavy (non-hydrogen) atoms. The number of carbonyl (C=O) groups is 1. The molecule has 0 amide bonds. The van der Waals surface area contributed by atoms with Gasteiger partial charge in [0.05, 0.1) is 27.5 Å². The number of nitrogens with zero attached hydrogens (tertiary/aromatic N) is 2. The molecule has 0 N–H and O–H groups in total. The quantitative estimate of drug-likeness (QED) is 0.200. The Hall–Kier alpha value is -2.99. The molecule has 230 valence electrons. The second-order valence-electron chi connectivity index (χ2n) is 10.6. The molecule has 2 atom stereocenters. The van der Waals surface area contributed by atoms with Crippen molar-refractivity contribution in [3.63, 3.8) is 0 Å². The topological polar surface area (TPSA) is 95.0 Å². The van der Waals surface area contributed by atoms with E-state index in [1.807, 2.05) is 0 Å². The fourth-order valence-corrected chi connectivity index (χ4v) is 6.96. The van der Waals surface area contributed by atoms with Crippen molar-refractivity contribution in [2.24, 2.45) is 11.8 Å². The SMILES string of the molecule is O=C(O[C@@H](Cc1c(Cl)cncc1Cl)c1ccc(OC(F)F)c(OCC2CC2)c1)[C@@H]1CCCN(S(=O)(=O)c2ccccc2)C1. The van der Waals surface area contributed by atoms with Crippen LogP contribution in [-0.4, -0.2) is 50.0 Å². The second kappa shape index (κ2) is 13.8. The van der Waals surface area contributed by atoms with E-state index in [9.17, 15) is 22.0 Å². The fraction of sp³-hybridized carbons (Fsp3) is 0.400. The molecule has 0 bridgehead atoms. The molecule has 5 rings (SSSR count). The maximum Gasteiger partial charge on any atom is 0.387 e. The van der Waals surface area contributed by atoms with Crippen LogP contribution in [0, 0.1) is 11.8 Å². The first kappa shape index (κ1) is 31.4. The Labute approximate surface area is 258 Å². The van der Waals surface area contributed by atoms with Gasteiger partial charge in [-0.3, -0.25) is 9.78 Å². The lowest BCUT2D eigenvalue weighted by atomic mass is 9.98. The predicted molar refractivity (Wildman–Crippen MR) is 156 cm³/mol. The summed E-state index contributed by atoms with van der Waals surface area (Å²) in [5, 5.41) is 0.517. The average Bonchev–Trinajstić information content (AvgIpc) is 3.83. The number of hydrogen-bond acceptors (Lipinski definition) is 7. The summed E-state index contributed by atoms with van der Waals surface area (Å²) in [6, 6.07) is 12.4. The number of carbonyl (C=O) groups excluding carboxylic acids is 1. The molecule has 2 aliphatic rings. The highest BCUT2D eigenvalue weighted by Gasteiger charge is 2.35. The highest BCUT2D eigenvalue weighted by atomic mass is 35.5. The smallest absolute Gasteiger partial charge is 0.387 e. The molecular weight excluding hydrogens is 625 g/mol. The van der Waals surface area contributed by atoms with Crippen molar-refractivity contribution in [1.29, 1.82) is 0 Å². The van der Waals surface area contributed by atoms with Crippen molar-refractivity contribution in [2.45, 2.75) is 49.7 Å². The molecule has 0 unspecified atom stereocenters. The van der Waals surface area contributed by atoms with Gasteiger partial charge in [-0.25, -0.2) is 8.42 Å². The Bertz CT molecular complexity index is 1520. The van der Waals surface area contributed by atoms with Crippen molar-refractivity contribution in [2.75, 3.05) is 19.7 Å². The van der Waals surface area contributed by atoms with Crippen molar-refractivity contribution >= 4 is 39.2 Å². The Kier molecular flexibility index (Phi) is 10.1. The molecule has 3 aromatic rings. The minimum atomic E-state index is -3.81. The van der Waals surface area contributed by atoms with Gasteiger partial charge in [0.25, 0.3) is 0 Å². The van der Waals surface area contributed by atoms with Crippen molar-refractivity contribution in [1.82, 2.24) is 9.29 Å². The van der Waals surface area contributed by atoms with Crippen LogP contribution in [0.5, 0.6) is 11.5 Å². The van der Waals surface area contributed by atoms with Crippen LogP contribution < -0.4 is 9.47 Å². The summed E-state index contributed by atoms with van der Waals surface area (Å²) < 4.78 is 70.5. The normalized spacial score (nSPS) is 18.3. The van der Waals surface area contributed by atoms with E-state index in [1.165, 1.54) is 47.0 Å². The summed E-state index contributed by atoms with van der Waals surface area (Å²) in [7, 11) is -3.81. The van der Waals surface area contributed by atoms with Crippen LogP contribution in [0.15, 0.2) is 65.8 Å². The number of piperidine rings is 1. The van der Waals surface area contributed by atoms with E-state index in [0.29, 0.717) is 36.5 Å². The second-order valence-corrected chi connectivity index (χ2v) is 13.3. The summed E-state index contributed by atoms with van der Waals surface area (Å²) >= 11 is 12.8. The van der Waals surface area contributed by atoms with Gasteiger partial charge in [0.1, 0.15) is 6.10 Å². The van der Waals surface area contributed by atoms with Gasteiger partial charge in [-0.2, -0.15) is 13.1 Å². The number of sulfonamides is 1. The molecule has 2 aromatic carbocycles. The van der Waals surface area contributed by atoms with Crippen LogP contribution in [0.25, 0.3) is 0 Å². The van der Waals surface area contributed by atoms with E-state index in [4.69, 9.17) is 32.7 Å². The standard InChI is InChI=1S/C30H30Cl2F2N2O6S/c31-24-15-35-16-25(32)23(24)14-27(20-10-11-26(42-30(33)34)28(13-20)40-18-19-8-9-19)41-29(37)21-5-4-12-36(17-21)43(38,39)22-6-2-1-3-7-22/h1-3,6-7,10-11,13,15-16,19,21,27,30H,4-5,8-9,12,14,17-18H2/t21-,27+/m1/s1. The lowest BCUT2D eigenvalue weighted by molar-refractivity contribution is -0.155. The number of ether oxygens (including phenoxy) is 3. The zero-order valence-electron chi connectivity index (χ0n) is 23.0. The van der Waals surface area contributed by atoms with Gasteiger partial charge in [-0.05, 0) is 67.0 Å². The van der Waals surface area contributed by atoms with E-state index in [2.05, 4.69) is 9.72 Å². The zero-order valence-corrected chi connectivity index (χ0v) is 25.3. The number of benzene rings is 2. The summed E-state index contributed by atoms with van der Waals surface area (Å²) in [5.41, 5.74) is 0.913. The molecule has 0 radical (unpaired) electrons. The number of aromatic nitrogens is 1. The summed E-state index contributed by atoms with van der Waals surface area (Å²) in [6.45, 7) is -2.49. The lowest BCUT2D eigenvalue weighted by Crippen LogP contribution is -2.43. The van der Waals surface area contributed by atoms with E-state index in [0.717, 1.165) is 12.8 Å². The van der Waals surface area contributed by atoms with Crippen molar-refractivity contribution in [3.05, 3.63) is 82.1 Å². The predicted octanol–water partition coefficient (Wildman–Crippen LogP) is 6.71. The van der Waals surface area contributed by atoms with E-state index >= 15 is 0 Å². The molecule has 8 nitrogen and oxygen atoms in total. The zero-order chi connectivity index (χ0) is 30.6. The molecule has 1 saturated carbocycles. The molecule has 2 heterocycles. The third-order valence-corrected chi connectivity index (χ3v) is 9.96. The fourth-order valence-electron chi connectivity index (χ4n) is 4.90. The van der Waals surface area contributed by atoms with Gasteiger partial charge in [-0.15, -0.1) is 0 Å². The van der Waals surface area contributed by atoms with Gasteiger partial charge in [0, 0.05) is 31.9 Å². The average molecular weight is 656 g/mol. The van der Waals surface area contributed by atoms with Gasteiger partial charge in [0.15, 0.2) is 11.5 Å². The van der Waals surface area contributed by atoms with Crippen LogP contribution in [-0.2, 0) is 26.0 Å². The molecule has 13 heteroatoms. The molecule has 1 aliphatic heterocycles. The largest absolute Gasteiger partial charge is 0.489 e. The Balaban J connectivity index is 1.41. The van der Waals surface area contributed by atoms with Gasteiger partial charge in [-0.1, -0.05) is 47.5 Å². The highest BCUT2D eigenvalue weighted by Crippen LogP contribution is 2.38. The molecule has 1 aromatic heterocycles. The maximum absolute atomic E-state index is 13.6. The number of rotatable bonds is 12. The highest BCUT2D eigenvalue weighted by molar-refractivity contribution is 7.89. The minimum absolute atomic E-state index is 0.0434. The first-order chi connectivity index (χ1) is 20.6. The Morgan fingerprint density at radius 2 is 1.74 bits per heavy atom. The minimum Gasteiger partial charge on any atom is -0.489 e. The number of hydrogen-bond donors (Lipinski definition) is 0. The van der Waals surface area contributed by atoms with Crippen LogP contribution >= 0.6 is 23.2 Å². The van der Waals surface area contributed by atoms with Crippen LogP contribution in [0.4, 0.5) is 8.78 Å². The Morgan fingerprint density at radius 3 is 2.42 bits per heavy atom. The summed E-state index contributed by atoms with van der Waals surface area (Å²) in [4.78, 5) is 17.7. The molecule has 0 spiro atoms. The van der Waals surface area contributed by atoms with Crippen molar-refractivity contribution in [3.8, 4) is 11.5 Å². The molecule has 1 saturated heterocycles. The van der Waals surface area contributed by atoms with Crippen molar-refractivity contribution < 1.29 is 36.2 Å². The summed E-state index contributed by atoms with van der Waals surface area (Å²) in [5.74, 6) is -1.04. The van der Waals surface area contributed by atoms with E-state index < -0.39 is 34.6 Å². The first-order valence-electron chi connectivity index (χ1n) is 13.9. The molecule has 1 aliphatic carbocycles. The van der Waals surface area contributed by atoms with E-state index in [-0.39, 0.29) is 46.0 Å². The monoisotopic (exact) mass is 654 g/mol. The Morgan fingerprint density at radius 1 is 1.02 bits per heavy atom. The van der Waals surface area contributed by atoms with Crippen LogP contribution in [0.2, 0.25) is 10.0 Å². The van der Waals surface area contributed by atoms with Crippen LogP contribution in [0.1, 0.15) is 42.9 Å². The number of pyridine rings is 1. The number of halogens is 4. The number of alkyl halides is 2. The molecule has 2 fully saturated rings. The number of esters is 1. The summed E-state index contributed by atoms with van der Waals surface area (Å²) in [6.07, 6.45) is 4.79. The van der Waals surface area contributed by atoms with Gasteiger partial charge >= 0.3 is 12.6 Å². The third kappa shape index (κ3) is 7.94. The van der Waals surface area contributed by atoms with Gasteiger partial charge in [0.2, 0.25) is 10.0 Å². The lowest BCUT2D eigenvalue weighted by Gasteiger charge is -2.32. The first-order valence-corrected chi connectivity index (χ1v) is 16.1. The third-order valence-electron chi connectivity index (χ3n) is 7.43. The maximum atomic E-state index is 13.6.